The molecule has 0 saturated carbocycles. The largest absolute Gasteiger partial charge is 0.508 e. The van der Waals surface area contributed by atoms with Gasteiger partial charge in [-0.25, -0.2) is 9.59 Å². The van der Waals surface area contributed by atoms with Gasteiger partial charge in [-0.3, -0.25) is 15.4 Å². The maximum atomic E-state index is 12.4. The molecule has 0 spiro atoms. The summed E-state index contributed by atoms with van der Waals surface area (Å²) < 4.78 is 4.90. The Morgan fingerprint density at radius 3 is 1.90 bits per heavy atom. The summed E-state index contributed by atoms with van der Waals surface area (Å²) in [5, 5.41) is 20.4. The molecule has 0 saturated heterocycles. The second kappa shape index (κ2) is 13.4. The van der Waals surface area contributed by atoms with Crippen molar-refractivity contribution in [3.8, 4) is 16.9 Å². The summed E-state index contributed by atoms with van der Waals surface area (Å²) in [5.74, 6) is -0.0608. The number of carbonyl (C=O) groups excluding carboxylic acids is 3. The van der Waals surface area contributed by atoms with Gasteiger partial charge in [0.15, 0.2) is 0 Å². The van der Waals surface area contributed by atoms with Crippen LogP contribution in [0.2, 0.25) is 0 Å². The molecule has 9 nitrogen and oxygen atoms in total. The molecule has 0 fully saturated rings. The minimum atomic E-state index is -0.998. The Balaban J connectivity index is 1.27. The number of para-hydroxylation sites is 3. The highest BCUT2D eigenvalue weighted by molar-refractivity contribution is 6.02. The highest BCUT2D eigenvalue weighted by Gasteiger charge is 2.15. The molecule has 0 aliphatic heterocycles. The minimum Gasteiger partial charge on any atom is -0.508 e. The number of hydrogen-bond donors (Lipinski definition) is 5. The summed E-state index contributed by atoms with van der Waals surface area (Å²) in [4.78, 5) is 37.3. The van der Waals surface area contributed by atoms with Gasteiger partial charge < -0.3 is 20.5 Å². The smallest absolute Gasteiger partial charge is 0.420 e. The lowest BCUT2D eigenvalue weighted by Crippen LogP contribution is -2.24. The van der Waals surface area contributed by atoms with E-state index in [1.807, 2.05) is 42.5 Å². The number of rotatable bonds is 9. The van der Waals surface area contributed by atoms with E-state index in [2.05, 4.69) is 21.3 Å². The molecular formula is C30H28N4O5. The van der Waals surface area contributed by atoms with Crippen LogP contribution in [0.4, 0.5) is 26.7 Å². The Hall–Kier alpha value is -5.15. The third-order valence-corrected chi connectivity index (χ3v) is 5.67. The predicted octanol–water partition coefficient (Wildman–Crippen LogP) is 5.96. The van der Waals surface area contributed by atoms with Crippen LogP contribution in [-0.4, -0.2) is 29.7 Å². The molecule has 0 atom stereocenters. The molecule has 0 aromatic heterocycles. The van der Waals surface area contributed by atoms with E-state index < -0.39 is 12.2 Å². The van der Waals surface area contributed by atoms with Crippen LogP contribution in [-0.2, 0) is 16.1 Å². The number of benzene rings is 4. The van der Waals surface area contributed by atoms with E-state index in [0.717, 1.165) is 16.7 Å². The Morgan fingerprint density at radius 2 is 1.21 bits per heavy atom. The molecule has 0 aliphatic rings. The molecule has 4 rings (SSSR count). The number of phenols is 1. The van der Waals surface area contributed by atoms with Crippen LogP contribution in [0.1, 0.15) is 12.0 Å². The van der Waals surface area contributed by atoms with Gasteiger partial charge in [0.1, 0.15) is 5.75 Å². The lowest BCUT2D eigenvalue weighted by molar-refractivity contribution is -0.116. The van der Waals surface area contributed by atoms with E-state index in [-0.39, 0.29) is 23.8 Å². The number of carbonyl (C=O) groups is 3. The molecule has 0 bridgehead atoms. The number of phenolic OH excluding ortho intramolecular Hbond substituents is 1. The normalized spacial score (nSPS) is 10.4. The third-order valence-electron chi connectivity index (χ3n) is 5.67. The van der Waals surface area contributed by atoms with Crippen LogP contribution in [0.25, 0.3) is 11.1 Å². The lowest BCUT2D eigenvalue weighted by atomic mass is 10.0. The van der Waals surface area contributed by atoms with Crippen molar-refractivity contribution >= 4 is 35.2 Å². The summed E-state index contributed by atoms with van der Waals surface area (Å²) in [5.41, 5.74) is 3.80. The fourth-order valence-corrected chi connectivity index (χ4v) is 3.78. The van der Waals surface area contributed by atoms with Gasteiger partial charge in [-0.15, -0.1) is 0 Å². The molecular weight excluding hydrogens is 496 g/mol. The van der Waals surface area contributed by atoms with Crippen molar-refractivity contribution in [2.45, 2.75) is 13.0 Å². The zero-order valence-electron chi connectivity index (χ0n) is 21.0. The van der Waals surface area contributed by atoms with Crippen LogP contribution >= 0.6 is 0 Å². The zero-order valence-corrected chi connectivity index (χ0v) is 21.0. The quantitative estimate of drug-likeness (QED) is 0.136. The second-order valence-corrected chi connectivity index (χ2v) is 8.53. The highest BCUT2D eigenvalue weighted by atomic mass is 16.6. The fourth-order valence-electron chi connectivity index (χ4n) is 3.78. The SMILES string of the molecule is O=C(CCNCc1ccc(O)cc1)Nc1ccccc1NC(=O)OC(=O)Nc1ccccc1-c1ccccc1. The number of anilines is 3. The third kappa shape index (κ3) is 8.17. The van der Waals surface area contributed by atoms with E-state index >= 15 is 0 Å². The molecule has 9 heteroatoms. The van der Waals surface area contributed by atoms with Crippen molar-refractivity contribution < 1.29 is 24.2 Å². The van der Waals surface area contributed by atoms with Gasteiger partial charge >= 0.3 is 12.2 Å². The lowest BCUT2D eigenvalue weighted by Gasteiger charge is -2.13. The molecule has 0 aliphatic carbocycles. The molecule has 39 heavy (non-hydrogen) atoms. The van der Waals surface area contributed by atoms with Gasteiger partial charge in [-0.1, -0.05) is 72.8 Å². The van der Waals surface area contributed by atoms with Crippen molar-refractivity contribution in [3.05, 3.63) is 109 Å². The monoisotopic (exact) mass is 524 g/mol. The van der Waals surface area contributed by atoms with Crippen molar-refractivity contribution in [3.63, 3.8) is 0 Å². The van der Waals surface area contributed by atoms with E-state index in [4.69, 9.17) is 4.74 Å². The predicted molar refractivity (Wildman–Crippen MR) is 151 cm³/mol. The summed E-state index contributed by atoms with van der Waals surface area (Å²) in [6, 6.07) is 30.1. The van der Waals surface area contributed by atoms with Crippen LogP contribution < -0.4 is 21.3 Å². The number of ether oxygens (including phenoxy) is 1. The average Bonchev–Trinajstić information content (AvgIpc) is 2.94. The molecule has 3 amide bonds. The minimum absolute atomic E-state index is 0.195. The molecule has 4 aromatic rings. The average molecular weight is 525 g/mol. The topological polar surface area (TPSA) is 129 Å². The van der Waals surface area contributed by atoms with Crippen molar-refractivity contribution in [1.29, 1.82) is 0 Å². The van der Waals surface area contributed by atoms with Gasteiger partial charge in [0.25, 0.3) is 0 Å². The first-order valence-electron chi connectivity index (χ1n) is 12.3. The molecule has 0 heterocycles. The first-order valence-corrected chi connectivity index (χ1v) is 12.3. The number of amides is 3. The van der Waals surface area contributed by atoms with Crippen molar-refractivity contribution in [2.75, 3.05) is 22.5 Å². The molecule has 0 radical (unpaired) electrons. The maximum absolute atomic E-state index is 12.4. The van der Waals surface area contributed by atoms with Crippen LogP contribution in [0.5, 0.6) is 5.75 Å². The zero-order chi connectivity index (χ0) is 27.5. The number of aromatic hydroxyl groups is 1. The van der Waals surface area contributed by atoms with E-state index in [0.29, 0.717) is 24.5 Å². The van der Waals surface area contributed by atoms with Gasteiger partial charge in [-0.05, 0) is 41.5 Å². The van der Waals surface area contributed by atoms with E-state index in [1.165, 1.54) is 0 Å². The number of nitrogens with one attached hydrogen (secondary N) is 4. The van der Waals surface area contributed by atoms with Gasteiger partial charge in [0.2, 0.25) is 5.91 Å². The first-order chi connectivity index (χ1) is 19.0. The van der Waals surface area contributed by atoms with Crippen LogP contribution in [0.15, 0.2) is 103 Å². The molecule has 198 valence electrons. The second-order valence-electron chi connectivity index (χ2n) is 8.53. The van der Waals surface area contributed by atoms with E-state index in [9.17, 15) is 19.5 Å². The van der Waals surface area contributed by atoms with Gasteiger partial charge in [0, 0.05) is 25.1 Å². The summed E-state index contributed by atoms with van der Waals surface area (Å²) in [6.07, 6.45) is -1.75. The standard InChI is InChI=1S/C30H28N4O5/c35-23-16-14-21(15-17-23)20-31-19-18-28(36)32-26-12-6-7-13-27(26)34-30(38)39-29(37)33-25-11-5-4-10-24(25)22-8-2-1-3-9-22/h1-17,31,35H,18-20H2,(H,32,36)(H,33,37)(H,34,38). The Bertz CT molecular complexity index is 1420. The molecule has 0 unspecified atom stereocenters. The van der Waals surface area contributed by atoms with Gasteiger partial charge in [0.05, 0.1) is 17.1 Å². The van der Waals surface area contributed by atoms with E-state index in [1.54, 1.807) is 60.7 Å². The number of hydrogen-bond acceptors (Lipinski definition) is 6. The van der Waals surface area contributed by atoms with Crippen LogP contribution in [0.3, 0.4) is 0 Å². The highest BCUT2D eigenvalue weighted by Crippen LogP contribution is 2.28. The fraction of sp³-hybridized carbons (Fsp3) is 0.100. The van der Waals surface area contributed by atoms with Crippen molar-refractivity contribution in [2.24, 2.45) is 0 Å². The Morgan fingerprint density at radius 1 is 0.641 bits per heavy atom. The first kappa shape index (κ1) is 26.9. The molecule has 5 N–H and O–H groups in total. The summed E-state index contributed by atoms with van der Waals surface area (Å²) in [7, 11) is 0. The summed E-state index contributed by atoms with van der Waals surface area (Å²) in [6.45, 7) is 0.977. The van der Waals surface area contributed by atoms with Crippen LogP contribution in [0, 0.1) is 0 Å². The van der Waals surface area contributed by atoms with Gasteiger partial charge in [-0.2, -0.15) is 0 Å². The van der Waals surface area contributed by atoms with Crippen molar-refractivity contribution in [1.82, 2.24) is 5.32 Å². The maximum Gasteiger partial charge on any atom is 0.420 e. The Labute approximate surface area is 225 Å². The molecule has 4 aromatic carbocycles. The summed E-state index contributed by atoms with van der Waals surface area (Å²) >= 11 is 0. The Kier molecular flexibility index (Phi) is 9.25.